The summed E-state index contributed by atoms with van der Waals surface area (Å²) in [6.45, 7) is 3.11. The van der Waals surface area contributed by atoms with E-state index < -0.39 is 0 Å². The monoisotopic (exact) mass is 310 g/mol. The minimum absolute atomic E-state index is 0.847. The summed E-state index contributed by atoms with van der Waals surface area (Å²) in [7, 11) is 0. The van der Waals surface area contributed by atoms with Crippen LogP contribution in [0.25, 0.3) is 0 Å². The van der Waals surface area contributed by atoms with Gasteiger partial charge >= 0.3 is 0 Å². The first-order valence-electron chi connectivity index (χ1n) is 6.96. The summed E-state index contributed by atoms with van der Waals surface area (Å²) in [6.07, 6.45) is 8.42. The highest BCUT2D eigenvalue weighted by molar-refractivity contribution is 9.10. The molecule has 0 amide bonds. The van der Waals surface area contributed by atoms with Crippen LogP contribution in [0.4, 0.5) is 11.4 Å². The molecule has 1 aromatic rings. The van der Waals surface area contributed by atoms with Gasteiger partial charge in [0, 0.05) is 22.4 Å². The second-order valence-corrected chi connectivity index (χ2v) is 6.26. The topological polar surface area (TPSA) is 38.0 Å². The van der Waals surface area contributed by atoms with E-state index in [0.717, 1.165) is 33.9 Å². The predicted octanol–water partition coefficient (Wildman–Crippen LogP) is 4.72. The molecule has 2 nitrogen and oxygen atoms in total. The number of nitrogen functional groups attached to an aromatic ring is 1. The standard InChI is InChI=1S/C15H23BrN2/c1-11-9-15(13(16)10-14(11)17)18-8-7-12-5-3-2-4-6-12/h9-10,12,18H,2-8,17H2,1H3. The number of nitrogens with one attached hydrogen (secondary N) is 1. The molecule has 18 heavy (non-hydrogen) atoms. The van der Waals surface area contributed by atoms with Crippen LogP contribution in [-0.2, 0) is 0 Å². The van der Waals surface area contributed by atoms with Crippen LogP contribution in [0.5, 0.6) is 0 Å². The van der Waals surface area contributed by atoms with Gasteiger partial charge in [-0.05, 0) is 52.9 Å². The second kappa shape index (κ2) is 6.46. The van der Waals surface area contributed by atoms with Crippen LogP contribution in [0.15, 0.2) is 16.6 Å². The van der Waals surface area contributed by atoms with Gasteiger partial charge in [-0.25, -0.2) is 0 Å². The molecule has 1 aliphatic rings. The smallest absolute Gasteiger partial charge is 0.0488 e. The molecule has 0 saturated heterocycles. The molecule has 1 aromatic carbocycles. The first-order chi connectivity index (χ1) is 8.66. The number of halogens is 1. The summed E-state index contributed by atoms with van der Waals surface area (Å²) in [4.78, 5) is 0. The van der Waals surface area contributed by atoms with Gasteiger partial charge in [0.25, 0.3) is 0 Å². The van der Waals surface area contributed by atoms with Crippen LogP contribution in [-0.4, -0.2) is 6.54 Å². The highest BCUT2D eigenvalue weighted by Gasteiger charge is 2.13. The Kier molecular flexibility index (Phi) is 4.93. The number of rotatable bonds is 4. The Morgan fingerprint density at radius 2 is 2.00 bits per heavy atom. The Hall–Kier alpha value is -0.700. The molecule has 0 radical (unpaired) electrons. The molecule has 1 saturated carbocycles. The highest BCUT2D eigenvalue weighted by atomic mass is 79.9. The van der Waals surface area contributed by atoms with Crippen molar-refractivity contribution in [3.8, 4) is 0 Å². The molecular formula is C15H23BrN2. The lowest BCUT2D eigenvalue weighted by Gasteiger charge is -2.22. The maximum absolute atomic E-state index is 5.88. The summed E-state index contributed by atoms with van der Waals surface area (Å²) < 4.78 is 1.06. The van der Waals surface area contributed by atoms with Crippen molar-refractivity contribution >= 4 is 27.3 Å². The molecule has 0 heterocycles. The normalized spacial score (nSPS) is 16.8. The van der Waals surface area contributed by atoms with E-state index in [9.17, 15) is 0 Å². The molecule has 0 unspecified atom stereocenters. The molecule has 1 aliphatic carbocycles. The van der Waals surface area contributed by atoms with Crippen LogP contribution in [0.1, 0.15) is 44.1 Å². The van der Waals surface area contributed by atoms with E-state index in [-0.39, 0.29) is 0 Å². The molecule has 0 spiro atoms. The lowest BCUT2D eigenvalue weighted by molar-refractivity contribution is 0.345. The summed E-state index contributed by atoms with van der Waals surface area (Å²) in [5.74, 6) is 0.930. The van der Waals surface area contributed by atoms with Crippen LogP contribution in [0.2, 0.25) is 0 Å². The van der Waals surface area contributed by atoms with E-state index >= 15 is 0 Å². The van der Waals surface area contributed by atoms with Crippen molar-refractivity contribution in [2.45, 2.75) is 45.4 Å². The Morgan fingerprint density at radius 1 is 1.28 bits per heavy atom. The van der Waals surface area contributed by atoms with Gasteiger partial charge in [0.2, 0.25) is 0 Å². The van der Waals surface area contributed by atoms with Gasteiger partial charge in [-0.15, -0.1) is 0 Å². The number of benzene rings is 1. The van der Waals surface area contributed by atoms with E-state index in [2.05, 4.69) is 27.3 Å². The van der Waals surface area contributed by atoms with Gasteiger partial charge in [-0.1, -0.05) is 32.1 Å². The van der Waals surface area contributed by atoms with Gasteiger partial charge < -0.3 is 11.1 Å². The van der Waals surface area contributed by atoms with E-state index in [4.69, 9.17) is 5.73 Å². The first kappa shape index (κ1) is 13.7. The number of aryl methyl sites for hydroxylation is 1. The number of hydrogen-bond acceptors (Lipinski definition) is 2. The molecule has 3 N–H and O–H groups in total. The number of hydrogen-bond donors (Lipinski definition) is 2. The average molecular weight is 311 g/mol. The molecule has 0 bridgehead atoms. The lowest BCUT2D eigenvalue weighted by Crippen LogP contribution is -2.12. The molecular weight excluding hydrogens is 288 g/mol. The SMILES string of the molecule is Cc1cc(NCCC2CCCCC2)c(Br)cc1N. The van der Waals surface area contributed by atoms with Crippen molar-refractivity contribution in [2.75, 3.05) is 17.6 Å². The minimum atomic E-state index is 0.847. The van der Waals surface area contributed by atoms with Crippen molar-refractivity contribution in [2.24, 2.45) is 5.92 Å². The van der Waals surface area contributed by atoms with Crippen LogP contribution < -0.4 is 11.1 Å². The fraction of sp³-hybridized carbons (Fsp3) is 0.600. The van der Waals surface area contributed by atoms with Crippen molar-refractivity contribution in [1.29, 1.82) is 0 Å². The summed E-state index contributed by atoms with van der Waals surface area (Å²) >= 11 is 3.56. The van der Waals surface area contributed by atoms with Gasteiger partial charge in [0.15, 0.2) is 0 Å². The van der Waals surface area contributed by atoms with Crippen molar-refractivity contribution < 1.29 is 0 Å². The Labute approximate surface area is 118 Å². The summed E-state index contributed by atoms with van der Waals surface area (Å²) in [6, 6.07) is 4.11. The summed E-state index contributed by atoms with van der Waals surface area (Å²) in [5.41, 5.74) is 9.03. The molecule has 0 aliphatic heterocycles. The highest BCUT2D eigenvalue weighted by Crippen LogP contribution is 2.29. The average Bonchev–Trinajstić information content (AvgIpc) is 2.37. The van der Waals surface area contributed by atoms with E-state index in [0.29, 0.717) is 0 Å². The fourth-order valence-electron chi connectivity index (χ4n) is 2.72. The van der Waals surface area contributed by atoms with Crippen molar-refractivity contribution in [3.05, 3.63) is 22.2 Å². The van der Waals surface area contributed by atoms with E-state index in [1.54, 1.807) is 0 Å². The largest absolute Gasteiger partial charge is 0.398 e. The number of anilines is 2. The van der Waals surface area contributed by atoms with E-state index in [1.807, 2.05) is 13.0 Å². The zero-order valence-corrected chi connectivity index (χ0v) is 12.7. The minimum Gasteiger partial charge on any atom is -0.398 e. The van der Waals surface area contributed by atoms with E-state index in [1.165, 1.54) is 38.5 Å². The van der Waals surface area contributed by atoms with Crippen LogP contribution >= 0.6 is 15.9 Å². The van der Waals surface area contributed by atoms with Crippen LogP contribution in [0.3, 0.4) is 0 Å². The molecule has 100 valence electrons. The van der Waals surface area contributed by atoms with Gasteiger partial charge in [-0.2, -0.15) is 0 Å². The van der Waals surface area contributed by atoms with Crippen molar-refractivity contribution in [1.82, 2.24) is 0 Å². The molecule has 0 aromatic heterocycles. The quantitative estimate of drug-likeness (QED) is 0.789. The fourth-order valence-corrected chi connectivity index (χ4v) is 3.22. The molecule has 0 atom stereocenters. The van der Waals surface area contributed by atoms with Gasteiger partial charge in [0.1, 0.15) is 0 Å². The maximum atomic E-state index is 5.88. The third-order valence-electron chi connectivity index (χ3n) is 3.95. The molecule has 3 heteroatoms. The Balaban J connectivity index is 1.84. The zero-order valence-electron chi connectivity index (χ0n) is 11.1. The predicted molar refractivity (Wildman–Crippen MR) is 83.0 cm³/mol. The number of nitrogens with two attached hydrogens (primary N) is 1. The molecule has 1 fully saturated rings. The third-order valence-corrected chi connectivity index (χ3v) is 4.60. The zero-order chi connectivity index (χ0) is 13.0. The Morgan fingerprint density at radius 3 is 2.72 bits per heavy atom. The summed E-state index contributed by atoms with van der Waals surface area (Å²) in [5, 5.41) is 3.53. The molecule has 2 rings (SSSR count). The lowest BCUT2D eigenvalue weighted by atomic mass is 9.87. The van der Waals surface area contributed by atoms with Gasteiger partial charge in [0.05, 0.1) is 0 Å². The van der Waals surface area contributed by atoms with Gasteiger partial charge in [-0.3, -0.25) is 0 Å². The van der Waals surface area contributed by atoms with Crippen molar-refractivity contribution in [3.63, 3.8) is 0 Å². The third kappa shape index (κ3) is 3.64. The first-order valence-corrected chi connectivity index (χ1v) is 7.75. The maximum Gasteiger partial charge on any atom is 0.0488 e. The second-order valence-electron chi connectivity index (χ2n) is 5.41. The Bertz CT molecular complexity index is 398. The van der Waals surface area contributed by atoms with Crippen LogP contribution in [0, 0.1) is 12.8 Å².